The third-order valence-corrected chi connectivity index (χ3v) is 2.38. The summed E-state index contributed by atoms with van der Waals surface area (Å²) < 4.78 is 1.91. The van der Waals surface area contributed by atoms with E-state index >= 15 is 0 Å². The molecule has 1 amide bonds. The first kappa shape index (κ1) is 11.2. The van der Waals surface area contributed by atoms with Gasteiger partial charge in [-0.25, -0.2) is 0 Å². The summed E-state index contributed by atoms with van der Waals surface area (Å²) in [7, 11) is 1.92. The highest BCUT2D eigenvalue weighted by atomic mass is 16.2. The molecule has 5 heteroatoms. The molecule has 2 aromatic rings. The molecule has 2 N–H and O–H groups in total. The van der Waals surface area contributed by atoms with Crippen molar-refractivity contribution in [1.82, 2.24) is 14.9 Å². The van der Waals surface area contributed by atoms with Crippen LogP contribution in [-0.2, 0) is 13.6 Å². The predicted octanol–water partition coefficient (Wildman–Crippen LogP) is 0.643. The van der Waals surface area contributed by atoms with Crippen molar-refractivity contribution in [3.8, 4) is 0 Å². The normalized spacial score (nSPS) is 10.2. The van der Waals surface area contributed by atoms with Gasteiger partial charge in [0, 0.05) is 43.8 Å². The molecule has 0 unspecified atom stereocenters. The minimum Gasteiger partial charge on any atom is -0.357 e. The van der Waals surface area contributed by atoms with Crippen LogP contribution in [0.4, 0.5) is 0 Å². The largest absolute Gasteiger partial charge is 0.357 e. The van der Waals surface area contributed by atoms with Crippen LogP contribution < -0.4 is 10.9 Å². The summed E-state index contributed by atoms with van der Waals surface area (Å²) in [5, 5.41) is 2.75. The molecule has 0 aliphatic rings. The van der Waals surface area contributed by atoms with Crippen molar-refractivity contribution < 1.29 is 4.79 Å². The average Bonchev–Trinajstić information content (AvgIpc) is 2.72. The van der Waals surface area contributed by atoms with Gasteiger partial charge in [-0.15, -0.1) is 0 Å². The molecule has 0 bridgehead atoms. The smallest absolute Gasteiger partial charge is 0.251 e. The predicted molar refractivity (Wildman–Crippen MR) is 63.6 cm³/mol. The SMILES string of the molecule is Cn1ccc(CNC(=O)c2cc[nH]c(=O)c2)c1. The number of hydrogen-bond acceptors (Lipinski definition) is 2. The van der Waals surface area contributed by atoms with Gasteiger partial charge in [0.05, 0.1) is 0 Å². The van der Waals surface area contributed by atoms with Gasteiger partial charge in [-0.05, 0) is 17.7 Å². The van der Waals surface area contributed by atoms with Crippen molar-refractivity contribution in [3.05, 3.63) is 58.3 Å². The Balaban J connectivity index is 2.00. The van der Waals surface area contributed by atoms with Crippen molar-refractivity contribution in [1.29, 1.82) is 0 Å². The van der Waals surface area contributed by atoms with Gasteiger partial charge in [-0.1, -0.05) is 0 Å². The van der Waals surface area contributed by atoms with Crippen LogP contribution in [0.15, 0.2) is 41.6 Å². The lowest BCUT2D eigenvalue weighted by Crippen LogP contribution is -2.24. The summed E-state index contributed by atoms with van der Waals surface area (Å²) >= 11 is 0. The topological polar surface area (TPSA) is 66.9 Å². The minimum absolute atomic E-state index is 0.250. The van der Waals surface area contributed by atoms with Crippen LogP contribution in [0.3, 0.4) is 0 Å². The van der Waals surface area contributed by atoms with Crippen LogP contribution in [-0.4, -0.2) is 15.5 Å². The number of nitrogens with one attached hydrogen (secondary N) is 2. The molecule has 0 spiro atoms. The Kier molecular flexibility index (Phi) is 3.09. The van der Waals surface area contributed by atoms with Gasteiger partial charge < -0.3 is 14.9 Å². The minimum atomic E-state index is -0.280. The molecule has 5 nitrogen and oxygen atoms in total. The zero-order valence-corrected chi connectivity index (χ0v) is 9.43. The molecule has 0 aliphatic carbocycles. The highest BCUT2D eigenvalue weighted by molar-refractivity contribution is 5.93. The summed E-state index contributed by atoms with van der Waals surface area (Å²) in [5.41, 5.74) is 1.10. The lowest BCUT2D eigenvalue weighted by atomic mass is 10.2. The van der Waals surface area contributed by atoms with Gasteiger partial charge in [-0.2, -0.15) is 0 Å². The fraction of sp³-hybridized carbons (Fsp3) is 0.167. The van der Waals surface area contributed by atoms with E-state index in [1.54, 1.807) is 6.07 Å². The van der Waals surface area contributed by atoms with Gasteiger partial charge in [0.2, 0.25) is 5.56 Å². The van der Waals surface area contributed by atoms with Gasteiger partial charge in [0.25, 0.3) is 5.91 Å². The van der Waals surface area contributed by atoms with Gasteiger partial charge >= 0.3 is 0 Å². The number of hydrogen-bond donors (Lipinski definition) is 2. The highest BCUT2D eigenvalue weighted by Gasteiger charge is 2.05. The molecule has 17 heavy (non-hydrogen) atoms. The van der Waals surface area contributed by atoms with Gasteiger partial charge in [0.1, 0.15) is 0 Å². The fourth-order valence-electron chi connectivity index (χ4n) is 1.54. The van der Waals surface area contributed by atoms with Crippen molar-refractivity contribution in [2.24, 2.45) is 7.05 Å². The van der Waals surface area contributed by atoms with Crippen molar-refractivity contribution >= 4 is 5.91 Å². The van der Waals surface area contributed by atoms with Crippen LogP contribution in [0, 0.1) is 0 Å². The van der Waals surface area contributed by atoms with E-state index in [4.69, 9.17) is 0 Å². The fourth-order valence-corrected chi connectivity index (χ4v) is 1.54. The molecule has 2 rings (SSSR count). The van der Waals surface area contributed by atoms with Gasteiger partial charge in [-0.3, -0.25) is 9.59 Å². The van der Waals surface area contributed by atoms with E-state index in [0.29, 0.717) is 12.1 Å². The van der Waals surface area contributed by atoms with E-state index in [9.17, 15) is 9.59 Å². The first-order chi connectivity index (χ1) is 8.15. The molecule has 0 aliphatic heterocycles. The monoisotopic (exact) mass is 231 g/mol. The highest BCUT2D eigenvalue weighted by Crippen LogP contribution is 2.00. The molecule has 2 heterocycles. The van der Waals surface area contributed by atoms with Crippen LogP contribution >= 0.6 is 0 Å². The molecule has 0 atom stereocenters. The van der Waals surface area contributed by atoms with Crippen LogP contribution in [0.5, 0.6) is 0 Å². The van der Waals surface area contributed by atoms with E-state index in [0.717, 1.165) is 5.56 Å². The number of pyridine rings is 1. The van der Waals surface area contributed by atoms with E-state index in [1.165, 1.54) is 12.3 Å². The Bertz CT molecular complexity index is 583. The Labute approximate surface area is 98.1 Å². The number of carbonyl (C=O) groups is 1. The Morgan fingerprint density at radius 1 is 1.47 bits per heavy atom. The lowest BCUT2D eigenvalue weighted by Gasteiger charge is -2.02. The number of aromatic amines is 1. The number of amides is 1. The molecule has 88 valence electrons. The van der Waals surface area contributed by atoms with Crippen LogP contribution in [0.2, 0.25) is 0 Å². The zero-order chi connectivity index (χ0) is 12.3. The van der Waals surface area contributed by atoms with E-state index in [1.807, 2.05) is 30.1 Å². The van der Waals surface area contributed by atoms with Gasteiger partial charge in [0.15, 0.2) is 0 Å². The summed E-state index contributed by atoms with van der Waals surface area (Å²) in [6.45, 7) is 0.451. The molecule has 0 aromatic carbocycles. The number of carbonyl (C=O) groups excluding carboxylic acids is 1. The van der Waals surface area contributed by atoms with E-state index in [-0.39, 0.29) is 11.5 Å². The quantitative estimate of drug-likeness (QED) is 0.814. The van der Waals surface area contributed by atoms with E-state index in [2.05, 4.69) is 10.3 Å². The molecular weight excluding hydrogens is 218 g/mol. The number of rotatable bonds is 3. The number of H-pyrrole nitrogens is 1. The second kappa shape index (κ2) is 4.69. The maximum atomic E-state index is 11.7. The number of nitrogens with zero attached hydrogens (tertiary/aromatic N) is 1. The van der Waals surface area contributed by atoms with Crippen LogP contribution in [0.25, 0.3) is 0 Å². The summed E-state index contributed by atoms with van der Waals surface area (Å²) in [6.07, 6.45) is 5.30. The van der Waals surface area contributed by atoms with Crippen molar-refractivity contribution in [2.45, 2.75) is 6.54 Å². The molecule has 0 saturated heterocycles. The Morgan fingerprint density at radius 3 is 2.94 bits per heavy atom. The van der Waals surface area contributed by atoms with Crippen molar-refractivity contribution in [3.63, 3.8) is 0 Å². The Hall–Kier alpha value is -2.30. The first-order valence-corrected chi connectivity index (χ1v) is 5.23. The number of aryl methyl sites for hydroxylation is 1. The molecular formula is C12H13N3O2. The third kappa shape index (κ3) is 2.84. The second-order valence-corrected chi connectivity index (χ2v) is 3.81. The van der Waals surface area contributed by atoms with Crippen LogP contribution in [0.1, 0.15) is 15.9 Å². The molecule has 2 aromatic heterocycles. The summed E-state index contributed by atoms with van der Waals surface area (Å²) in [4.78, 5) is 25.2. The standard InChI is InChI=1S/C12H13N3O2/c1-15-5-3-9(8-15)7-14-12(17)10-2-4-13-11(16)6-10/h2-6,8H,7H2,1H3,(H,13,16)(H,14,17). The third-order valence-electron chi connectivity index (χ3n) is 2.38. The first-order valence-electron chi connectivity index (χ1n) is 5.23. The maximum Gasteiger partial charge on any atom is 0.251 e. The summed E-state index contributed by atoms with van der Waals surface area (Å²) in [6, 6.07) is 4.78. The Morgan fingerprint density at radius 2 is 2.29 bits per heavy atom. The maximum absolute atomic E-state index is 11.7. The zero-order valence-electron chi connectivity index (χ0n) is 9.43. The molecule has 0 fully saturated rings. The van der Waals surface area contributed by atoms with E-state index < -0.39 is 0 Å². The molecule has 0 radical (unpaired) electrons. The summed E-state index contributed by atoms with van der Waals surface area (Å²) in [5.74, 6) is -0.250. The average molecular weight is 231 g/mol. The second-order valence-electron chi connectivity index (χ2n) is 3.81. The number of aromatic nitrogens is 2. The lowest BCUT2D eigenvalue weighted by molar-refractivity contribution is 0.0950. The van der Waals surface area contributed by atoms with Crippen molar-refractivity contribution in [2.75, 3.05) is 0 Å². The molecule has 0 saturated carbocycles.